The van der Waals surface area contributed by atoms with Crippen molar-refractivity contribution >= 4 is 17.5 Å². The van der Waals surface area contributed by atoms with E-state index >= 15 is 0 Å². The average molecular weight is 236 g/mol. The number of ether oxygens (including phenoxy) is 2. The minimum atomic E-state index is 0.0498. The Morgan fingerprint density at radius 3 is 3.07 bits per heavy atom. The lowest BCUT2D eigenvalue weighted by molar-refractivity contribution is -0.124. The number of carbonyl (C=O) groups is 1. The van der Waals surface area contributed by atoms with Crippen molar-refractivity contribution in [3.8, 4) is 0 Å². The van der Waals surface area contributed by atoms with Crippen molar-refractivity contribution in [2.75, 3.05) is 38.9 Å². The Kier molecular flexibility index (Phi) is 6.72. The number of amides is 1. The summed E-state index contributed by atoms with van der Waals surface area (Å²) in [7, 11) is 0. The smallest absolute Gasteiger partial charge is 0.225 e. The van der Waals surface area contributed by atoms with Crippen LogP contribution >= 0.6 is 11.6 Å². The predicted octanol–water partition coefficient (Wildman–Crippen LogP) is 0.785. The molecule has 1 amide bonds. The molecule has 0 aromatic carbocycles. The normalized spacial score (nSPS) is 20.5. The van der Waals surface area contributed by atoms with E-state index in [1.807, 2.05) is 0 Å². The topological polar surface area (TPSA) is 47.6 Å². The van der Waals surface area contributed by atoms with Gasteiger partial charge in [-0.15, -0.1) is 11.6 Å². The van der Waals surface area contributed by atoms with E-state index in [0.717, 1.165) is 12.8 Å². The van der Waals surface area contributed by atoms with Crippen LogP contribution < -0.4 is 5.32 Å². The second-order valence-electron chi connectivity index (χ2n) is 3.51. The molecule has 1 rings (SSSR count). The highest BCUT2D eigenvalue weighted by Gasteiger charge is 2.22. The predicted molar refractivity (Wildman–Crippen MR) is 58.1 cm³/mol. The van der Waals surface area contributed by atoms with Gasteiger partial charge in [-0.3, -0.25) is 4.79 Å². The molecule has 0 bridgehead atoms. The summed E-state index contributed by atoms with van der Waals surface area (Å²) in [6.45, 7) is 3.16. The summed E-state index contributed by atoms with van der Waals surface area (Å²) in [5.41, 5.74) is 0. The van der Waals surface area contributed by atoms with Gasteiger partial charge in [-0.2, -0.15) is 0 Å². The van der Waals surface area contributed by atoms with Crippen LogP contribution in [0.3, 0.4) is 0 Å². The number of rotatable bonds is 7. The fourth-order valence-electron chi connectivity index (χ4n) is 1.43. The van der Waals surface area contributed by atoms with Gasteiger partial charge in [0.1, 0.15) is 0 Å². The molecule has 4 nitrogen and oxygen atoms in total. The zero-order valence-corrected chi connectivity index (χ0v) is 9.59. The quantitative estimate of drug-likeness (QED) is 0.524. The van der Waals surface area contributed by atoms with Crippen LogP contribution in [0.4, 0.5) is 0 Å². The zero-order chi connectivity index (χ0) is 10.9. The summed E-state index contributed by atoms with van der Waals surface area (Å²) in [6, 6.07) is 0. The van der Waals surface area contributed by atoms with Crippen LogP contribution in [-0.4, -0.2) is 44.8 Å². The lowest BCUT2D eigenvalue weighted by Gasteiger charge is -2.08. The zero-order valence-electron chi connectivity index (χ0n) is 8.84. The molecule has 1 heterocycles. The minimum absolute atomic E-state index is 0.0498. The molecule has 0 spiro atoms. The van der Waals surface area contributed by atoms with E-state index in [4.69, 9.17) is 21.1 Å². The van der Waals surface area contributed by atoms with Crippen molar-refractivity contribution in [1.29, 1.82) is 0 Å². The van der Waals surface area contributed by atoms with E-state index in [1.165, 1.54) is 0 Å². The third-order valence-corrected chi connectivity index (χ3v) is 2.44. The van der Waals surface area contributed by atoms with E-state index in [2.05, 4.69) is 5.32 Å². The summed E-state index contributed by atoms with van der Waals surface area (Å²) >= 11 is 5.44. The largest absolute Gasteiger partial charge is 0.381 e. The Morgan fingerprint density at radius 2 is 2.40 bits per heavy atom. The first-order chi connectivity index (χ1) is 7.34. The lowest BCUT2D eigenvalue weighted by Crippen LogP contribution is -2.32. The van der Waals surface area contributed by atoms with Gasteiger partial charge in [0.15, 0.2) is 0 Å². The molecule has 0 saturated carbocycles. The van der Waals surface area contributed by atoms with Gasteiger partial charge in [0, 0.05) is 25.6 Å². The first-order valence-corrected chi connectivity index (χ1v) is 5.87. The Labute approximate surface area is 95.3 Å². The molecule has 0 radical (unpaired) electrons. The van der Waals surface area contributed by atoms with Crippen LogP contribution in [0.25, 0.3) is 0 Å². The van der Waals surface area contributed by atoms with Gasteiger partial charge < -0.3 is 14.8 Å². The number of alkyl halides is 1. The Balaban J connectivity index is 1.92. The molecule has 0 aromatic heterocycles. The number of nitrogens with one attached hydrogen (secondary N) is 1. The molecule has 0 aliphatic carbocycles. The van der Waals surface area contributed by atoms with Crippen LogP contribution in [-0.2, 0) is 14.3 Å². The summed E-state index contributed by atoms with van der Waals surface area (Å²) in [5, 5.41) is 2.87. The lowest BCUT2D eigenvalue weighted by atomic mass is 10.1. The molecular weight excluding hydrogens is 218 g/mol. The van der Waals surface area contributed by atoms with Gasteiger partial charge in [-0.1, -0.05) is 0 Å². The van der Waals surface area contributed by atoms with Crippen LogP contribution in [0.15, 0.2) is 0 Å². The van der Waals surface area contributed by atoms with E-state index in [9.17, 15) is 4.79 Å². The first-order valence-electron chi connectivity index (χ1n) is 5.33. The maximum absolute atomic E-state index is 11.5. The number of halogens is 1. The minimum Gasteiger partial charge on any atom is -0.381 e. The first kappa shape index (κ1) is 12.7. The second-order valence-corrected chi connectivity index (χ2v) is 3.88. The van der Waals surface area contributed by atoms with E-state index < -0.39 is 0 Å². The fraction of sp³-hybridized carbons (Fsp3) is 0.900. The van der Waals surface area contributed by atoms with Crippen molar-refractivity contribution < 1.29 is 14.3 Å². The van der Waals surface area contributed by atoms with Crippen molar-refractivity contribution in [3.63, 3.8) is 0 Å². The maximum atomic E-state index is 11.5. The Hall–Kier alpha value is -0.320. The third kappa shape index (κ3) is 5.35. The molecule has 1 N–H and O–H groups in total. The molecule has 1 saturated heterocycles. The summed E-state index contributed by atoms with van der Waals surface area (Å²) in [6.07, 6.45) is 1.67. The van der Waals surface area contributed by atoms with Crippen molar-refractivity contribution in [2.45, 2.75) is 12.8 Å². The highest BCUT2D eigenvalue weighted by Crippen LogP contribution is 2.11. The fourth-order valence-corrected chi connectivity index (χ4v) is 1.54. The monoisotopic (exact) mass is 235 g/mol. The Bertz CT molecular complexity index is 184. The number of hydrogen-bond acceptors (Lipinski definition) is 3. The number of carbonyl (C=O) groups excluding carboxylic acids is 1. The second kappa shape index (κ2) is 7.91. The van der Waals surface area contributed by atoms with Gasteiger partial charge in [0.05, 0.1) is 19.1 Å². The van der Waals surface area contributed by atoms with Crippen LogP contribution in [0.1, 0.15) is 12.8 Å². The third-order valence-electron chi connectivity index (χ3n) is 2.29. The molecule has 5 heteroatoms. The standard InChI is InChI=1S/C10H18ClNO3/c11-3-7-14-5-1-4-12-10(13)9-2-6-15-8-9/h9H,1-8H2,(H,12,13). The summed E-state index contributed by atoms with van der Waals surface area (Å²) < 4.78 is 10.3. The average Bonchev–Trinajstić information content (AvgIpc) is 2.76. The van der Waals surface area contributed by atoms with Gasteiger partial charge in [-0.05, 0) is 12.8 Å². The molecular formula is C10H18ClNO3. The SMILES string of the molecule is O=C(NCCCOCCCl)C1CCOC1. The van der Waals surface area contributed by atoms with Gasteiger partial charge in [0.25, 0.3) is 0 Å². The van der Waals surface area contributed by atoms with Crippen LogP contribution in [0.5, 0.6) is 0 Å². The Morgan fingerprint density at radius 1 is 1.53 bits per heavy atom. The molecule has 1 atom stereocenters. The molecule has 1 aliphatic heterocycles. The maximum Gasteiger partial charge on any atom is 0.225 e. The highest BCUT2D eigenvalue weighted by atomic mass is 35.5. The molecule has 15 heavy (non-hydrogen) atoms. The van der Waals surface area contributed by atoms with E-state index in [-0.39, 0.29) is 11.8 Å². The van der Waals surface area contributed by atoms with E-state index in [0.29, 0.717) is 38.9 Å². The van der Waals surface area contributed by atoms with Gasteiger partial charge in [0.2, 0.25) is 5.91 Å². The molecule has 1 fully saturated rings. The molecule has 1 unspecified atom stereocenters. The molecule has 0 aromatic rings. The van der Waals surface area contributed by atoms with Crippen LogP contribution in [0.2, 0.25) is 0 Å². The highest BCUT2D eigenvalue weighted by molar-refractivity contribution is 6.17. The van der Waals surface area contributed by atoms with E-state index in [1.54, 1.807) is 0 Å². The molecule has 1 aliphatic rings. The summed E-state index contributed by atoms with van der Waals surface area (Å²) in [5.74, 6) is 0.671. The van der Waals surface area contributed by atoms with Crippen molar-refractivity contribution in [2.24, 2.45) is 5.92 Å². The van der Waals surface area contributed by atoms with Gasteiger partial charge in [-0.25, -0.2) is 0 Å². The summed E-state index contributed by atoms with van der Waals surface area (Å²) in [4.78, 5) is 11.5. The van der Waals surface area contributed by atoms with Gasteiger partial charge >= 0.3 is 0 Å². The number of hydrogen-bond donors (Lipinski definition) is 1. The molecule has 88 valence electrons. The van der Waals surface area contributed by atoms with Crippen molar-refractivity contribution in [3.05, 3.63) is 0 Å². The van der Waals surface area contributed by atoms with Crippen molar-refractivity contribution in [1.82, 2.24) is 5.32 Å². The van der Waals surface area contributed by atoms with Crippen LogP contribution in [0, 0.1) is 5.92 Å².